The largest absolute Gasteiger partial charge is 0.481 e. The molecule has 108 valence electrons. The van der Waals surface area contributed by atoms with Crippen molar-refractivity contribution in [2.75, 3.05) is 0 Å². The van der Waals surface area contributed by atoms with Crippen LogP contribution in [0.25, 0.3) is 0 Å². The van der Waals surface area contributed by atoms with Gasteiger partial charge in [-0.15, -0.1) is 0 Å². The molecule has 0 radical (unpaired) electrons. The highest BCUT2D eigenvalue weighted by Crippen LogP contribution is 2.10. The van der Waals surface area contributed by atoms with Crippen molar-refractivity contribution in [2.24, 2.45) is 5.92 Å². The van der Waals surface area contributed by atoms with Crippen molar-refractivity contribution in [1.29, 1.82) is 0 Å². The molecule has 3 N–H and O–H groups in total. The third-order valence-electron chi connectivity index (χ3n) is 1.98. The molecule has 1 unspecified atom stereocenters. The Morgan fingerprint density at radius 1 is 1.05 bits per heavy atom. The van der Waals surface area contributed by atoms with Gasteiger partial charge >= 0.3 is 18.0 Å². The third kappa shape index (κ3) is 5.84. The number of Topliss-reactive ketones (excluding diaryl/α,β-unsaturated/α-hetero) is 1. The summed E-state index contributed by atoms with van der Waals surface area (Å²) in [6.07, 6.45) is -1.10. The highest BCUT2D eigenvalue weighted by Gasteiger charge is 2.39. The first-order valence-corrected chi connectivity index (χ1v) is 5.41. The molecule has 0 aliphatic carbocycles. The first-order valence-electron chi connectivity index (χ1n) is 5.41. The van der Waals surface area contributed by atoms with Gasteiger partial charge in [-0.25, -0.2) is 9.59 Å². The van der Waals surface area contributed by atoms with Crippen molar-refractivity contribution in [2.45, 2.75) is 39.3 Å². The molecule has 0 fully saturated rings. The van der Waals surface area contributed by atoms with E-state index >= 15 is 0 Å². The van der Waals surface area contributed by atoms with Gasteiger partial charge < -0.3 is 20.3 Å². The highest BCUT2D eigenvalue weighted by atomic mass is 16.6. The lowest BCUT2D eigenvalue weighted by molar-refractivity contribution is -0.154. The molecule has 1 amide bonds. The van der Waals surface area contributed by atoms with Gasteiger partial charge in [0, 0.05) is 0 Å². The Bertz CT molecular complexity index is 382. The van der Waals surface area contributed by atoms with Crippen LogP contribution in [-0.4, -0.2) is 45.7 Å². The molecule has 0 aromatic carbocycles. The second-order valence-corrected chi connectivity index (χ2v) is 4.89. The van der Waals surface area contributed by atoms with E-state index in [9.17, 15) is 19.2 Å². The van der Waals surface area contributed by atoms with Crippen LogP contribution in [0.5, 0.6) is 0 Å². The van der Waals surface area contributed by atoms with Gasteiger partial charge in [0.15, 0.2) is 0 Å². The number of aliphatic carboxylic acids is 2. The Balaban J connectivity index is 5.03. The van der Waals surface area contributed by atoms with Crippen molar-refractivity contribution in [3.8, 4) is 0 Å². The Morgan fingerprint density at radius 3 is 1.79 bits per heavy atom. The smallest absolute Gasteiger partial charge is 0.408 e. The van der Waals surface area contributed by atoms with Crippen LogP contribution in [-0.2, 0) is 19.1 Å². The standard InChI is InChI=1S/C11H17NO7/c1-5(13)6(8(14)15)7(9(16)17)12-10(18)19-11(2,3)4/h6-7H,1-4H3,(H,12,18)(H,14,15)(H,16,17)/t6?,7-/m0/s1. The van der Waals surface area contributed by atoms with Gasteiger partial charge in [0.05, 0.1) is 0 Å². The van der Waals surface area contributed by atoms with E-state index in [1.165, 1.54) is 0 Å². The van der Waals surface area contributed by atoms with Crippen LogP contribution >= 0.6 is 0 Å². The maximum atomic E-state index is 11.4. The van der Waals surface area contributed by atoms with E-state index in [2.05, 4.69) is 0 Å². The number of hydrogen-bond acceptors (Lipinski definition) is 5. The van der Waals surface area contributed by atoms with E-state index in [4.69, 9.17) is 14.9 Å². The number of rotatable bonds is 5. The van der Waals surface area contributed by atoms with Crippen LogP contribution in [0.15, 0.2) is 0 Å². The summed E-state index contributed by atoms with van der Waals surface area (Å²) < 4.78 is 4.81. The van der Waals surface area contributed by atoms with Gasteiger partial charge in [-0.1, -0.05) is 0 Å². The lowest BCUT2D eigenvalue weighted by Crippen LogP contribution is -2.52. The van der Waals surface area contributed by atoms with Crippen molar-refractivity contribution in [1.82, 2.24) is 5.32 Å². The molecule has 0 aromatic heterocycles. The van der Waals surface area contributed by atoms with Crippen LogP contribution in [0.3, 0.4) is 0 Å². The van der Waals surface area contributed by atoms with E-state index in [0.29, 0.717) is 0 Å². The summed E-state index contributed by atoms with van der Waals surface area (Å²) in [4.78, 5) is 44.4. The van der Waals surface area contributed by atoms with E-state index < -0.39 is 41.4 Å². The summed E-state index contributed by atoms with van der Waals surface area (Å²) in [5.41, 5.74) is -0.873. The summed E-state index contributed by atoms with van der Waals surface area (Å²) in [6, 6.07) is -1.88. The number of hydrogen-bond donors (Lipinski definition) is 3. The summed E-state index contributed by atoms with van der Waals surface area (Å²) in [7, 11) is 0. The number of carboxylic acid groups (broad SMARTS) is 2. The predicted octanol–water partition coefficient (Wildman–Crippen LogP) is 0.254. The number of nitrogens with one attached hydrogen (secondary N) is 1. The van der Waals surface area contributed by atoms with Gasteiger partial charge in [0.1, 0.15) is 23.3 Å². The number of carbonyl (C=O) groups is 4. The molecule has 0 spiro atoms. The fraction of sp³-hybridized carbons (Fsp3) is 0.636. The molecule has 0 saturated heterocycles. The first-order chi connectivity index (χ1) is 8.45. The fourth-order valence-electron chi connectivity index (χ4n) is 1.27. The van der Waals surface area contributed by atoms with Gasteiger partial charge in [0.25, 0.3) is 0 Å². The molecule has 0 bridgehead atoms. The fourth-order valence-corrected chi connectivity index (χ4v) is 1.27. The highest BCUT2D eigenvalue weighted by molar-refractivity contribution is 6.02. The minimum Gasteiger partial charge on any atom is -0.481 e. The minimum absolute atomic E-state index is 0.873. The number of ether oxygens (including phenoxy) is 1. The predicted molar refractivity (Wildman–Crippen MR) is 62.6 cm³/mol. The monoisotopic (exact) mass is 275 g/mol. The average molecular weight is 275 g/mol. The second kappa shape index (κ2) is 6.17. The Labute approximate surface area is 109 Å². The summed E-state index contributed by atoms with van der Waals surface area (Å²) in [6.45, 7) is 5.61. The van der Waals surface area contributed by atoms with E-state index in [1.54, 1.807) is 20.8 Å². The molecule has 0 aromatic rings. The SMILES string of the molecule is CC(=O)C(C(=O)O)[C@H](NC(=O)OC(C)(C)C)C(=O)O. The molecule has 8 heteroatoms. The number of ketones is 1. The minimum atomic E-state index is -1.88. The number of alkyl carbamates (subject to hydrolysis) is 1. The zero-order valence-corrected chi connectivity index (χ0v) is 11.1. The molecule has 8 nitrogen and oxygen atoms in total. The molecule has 0 aliphatic rings. The van der Waals surface area contributed by atoms with Gasteiger partial charge in [-0.2, -0.15) is 0 Å². The van der Waals surface area contributed by atoms with Crippen LogP contribution < -0.4 is 5.32 Å². The molecule has 2 atom stereocenters. The summed E-state index contributed by atoms with van der Waals surface area (Å²) in [5.74, 6) is -6.01. The number of carboxylic acids is 2. The first kappa shape index (κ1) is 16.9. The molecule has 19 heavy (non-hydrogen) atoms. The Kier molecular flexibility index (Phi) is 5.48. The summed E-state index contributed by atoms with van der Waals surface area (Å²) in [5, 5.41) is 19.6. The molecule has 0 heterocycles. The Morgan fingerprint density at radius 2 is 1.53 bits per heavy atom. The zero-order chi connectivity index (χ0) is 15.4. The van der Waals surface area contributed by atoms with Crippen molar-refractivity contribution in [3.63, 3.8) is 0 Å². The van der Waals surface area contributed by atoms with Crippen LogP contribution in [0.2, 0.25) is 0 Å². The quantitative estimate of drug-likeness (QED) is 0.613. The lowest BCUT2D eigenvalue weighted by Gasteiger charge is -2.23. The zero-order valence-electron chi connectivity index (χ0n) is 11.1. The van der Waals surface area contributed by atoms with E-state index in [-0.39, 0.29) is 0 Å². The van der Waals surface area contributed by atoms with Crippen molar-refractivity contribution < 1.29 is 34.1 Å². The van der Waals surface area contributed by atoms with Crippen molar-refractivity contribution in [3.05, 3.63) is 0 Å². The topological polar surface area (TPSA) is 130 Å². The Hall–Kier alpha value is -2.12. The number of carbonyl (C=O) groups excluding carboxylic acids is 2. The van der Waals surface area contributed by atoms with Crippen LogP contribution in [0.1, 0.15) is 27.7 Å². The summed E-state index contributed by atoms with van der Waals surface area (Å²) >= 11 is 0. The van der Waals surface area contributed by atoms with Gasteiger partial charge in [0.2, 0.25) is 0 Å². The molecule has 0 saturated carbocycles. The molecule has 0 aliphatic heterocycles. The maximum Gasteiger partial charge on any atom is 0.408 e. The average Bonchev–Trinajstić information content (AvgIpc) is 2.11. The lowest BCUT2D eigenvalue weighted by atomic mass is 9.96. The molecule has 0 rings (SSSR count). The van der Waals surface area contributed by atoms with Crippen LogP contribution in [0, 0.1) is 5.92 Å². The van der Waals surface area contributed by atoms with E-state index in [1.807, 2.05) is 5.32 Å². The molecular weight excluding hydrogens is 258 g/mol. The number of amides is 1. The molecular formula is C11H17NO7. The second-order valence-electron chi connectivity index (χ2n) is 4.89. The maximum absolute atomic E-state index is 11.4. The third-order valence-corrected chi connectivity index (χ3v) is 1.98. The van der Waals surface area contributed by atoms with Gasteiger partial charge in [-0.3, -0.25) is 9.59 Å². The van der Waals surface area contributed by atoms with Gasteiger partial charge in [-0.05, 0) is 27.7 Å². The van der Waals surface area contributed by atoms with Crippen LogP contribution in [0.4, 0.5) is 4.79 Å². The van der Waals surface area contributed by atoms with E-state index in [0.717, 1.165) is 6.92 Å². The normalized spacial score (nSPS) is 14.1. The van der Waals surface area contributed by atoms with Crippen molar-refractivity contribution >= 4 is 23.8 Å².